The topological polar surface area (TPSA) is 67.5 Å². The fourth-order valence-electron chi connectivity index (χ4n) is 1.95. The van der Waals surface area contributed by atoms with Gasteiger partial charge in [0.15, 0.2) is 0 Å². The van der Waals surface area contributed by atoms with Gasteiger partial charge in [-0.2, -0.15) is 5.10 Å². The lowest BCUT2D eigenvalue weighted by Crippen LogP contribution is -2.24. The van der Waals surface area contributed by atoms with Gasteiger partial charge in [-0.05, 0) is 30.1 Å². The van der Waals surface area contributed by atoms with Gasteiger partial charge in [0.1, 0.15) is 0 Å². The molecule has 0 heterocycles. The van der Waals surface area contributed by atoms with E-state index in [1.54, 1.807) is 6.21 Å². The number of primary amides is 1. The molecule has 0 radical (unpaired) electrons. The van der Waals surface area contributed by atoms with E-state index in [1.807, 2.05) is 24.3 Å². The van der Waals surface area contributed by atoms with Crippen LogP contribution in [0.4, 0.5) is 4.79 Å². The molecule has 0 spiro atoms. The molecule has 3 N–H and O–H groups in total. The van der Waals surface area contributed by atoms with Crippen LogP contribution in [0.15, 0.2) is 41.5 Å². The van der Waals surface area contributed by atoms with Gasteiger partial charge < -0.3 is 5.73 Å². The minimum atomic E-state index is -0.654. The molecule has 0 aliphatic heterocycles. The average molecular weight is 273 g/mol. The maximum absolute atomic E-state index is 10.5. The number of nitrogens with zero attached hydrogens (tertiary/aromatic N) is 1. The molecule has 0 aliphatic carbocycles. The van der Waals surface area contributed by atoms with Crippen molar-refractivity contribution in [2.45, 2.75) is 39.0 Å². The summed E-state index contributed by atoms with van der Waals surface area (Å²) < 4.78 is 0. The van der Waals surface area contributed by atoms with Crippen LogP contribution >= 0.6 is 0 Å². The zero-order valence-electron chi connectivity index (χ0n) is 12.0. The molecule has 0 saturated heterocycles. The van der Waals surface area contributed by atoms with Crippen molar-refractivity contribution in [2.24, 2.45) is 10.8 Å². The number of rotatable bonds is 8. The van der Waals surface area contributed by atoms with Crippen molar-refractivity contribution in [3.05, 3.63) is 42.0 Å². The lowest BCUT2D eigenvalue weighted by Gasteiger charge is -2.07. The van der Waals surface area contributed by atoms with E-state index in [1.165, 1.54) is 30.4 Å². The van der Waals surface area contributed by atoms with Crippen molar-refractivity contribution in [3.63, 3.8) is 0 Å². The third-order valence-electron chi connectivity index (χ3n) is 2.97. The summed E-state index contributed by atoms with van der Waals surface area (Å²) in [6.07, 6.45) is 9.40. The third kappa shape index (κ3) is 6.73. The summed E-state index contributed by atoms with van der Waals surface area (Å²) in [4.78, 5) is 10.5. The highest BCUT2D eigenvalue weighted by Crippen LogP contribution is 2.20. The second-order valence-corrected chi connectivity index (χ2v) is 4.62. The van der Waals surface area contributed by atoms with Gasteiger partial charge in [0, 0.05) is 6.21 Å². The minimum absolute atomic E-state index is 0.654. The first-order valence-corrected chi connectivity index (χ1v) is 7.07. The molecule has 1 aromatic carbocycles. The summed E-state index contributed by atoms with van der Waals surface area (Å²) >= 11 is 0. The van der Waals surface area contributed by atoms with Gasteiger partial charge in [0.2, 0.25) is 0 Å². The summed E-state index contributed by atoms with van der Waals surface area (Å²) in [5, 5.41) is 3.75. The van der Waals surface area contributed by atoms with Crippen LogP contribution in [0.3, 0.4) is 0 Å². The van der Waals surface area contributed by atoms with E-state index in [2.05, 4.69) is 29.6 Å². The van der Waals surface area contributed by atoms with Crippen molar-refractivity contribution in [1.29, 1.82) is 0 Å². The van der Waals surface area contributed by atoms with E-state index in [4.69, 9.17) is 5.73 Å². The van der Waals surface area contributed by atoms with Gasteiger partial charge in [-0.1, -0.05) is 56.5 Å². The molecular weight excluding hydrogens is 250 g/mol. The second kappa shape index (κ2) is 9.78. The zero-order valence-corrected chi connectivity index (χ0v) is 12.0. The van der Waals surface area contributed by atoms with Gasteiger partial charge >= 0.3 is 6.03 Å². The molecule has 4 heteroatoms. The fourth-order valence-corrected chi connectivity index (χ4v) is 1.95. The van der Waals surface area contributed by atoms with Crippen LogP contribution < -0.4 is 11.2 Å². The maximum Gasteiger partial charge on any atom is 0.332 e. The molecule has 0 aliphatic rings. The lowest BCUT2D eigenvalue weighted by atomic mass is 9.99. The number of allylic oxidation sites excluding steroid dienone is 2. The smallest absolute Gasteiger partial charge is 0.332 e. The van der Waals surface area contributed by atoms with E-state index in [0.29, 0.717) is 0 Å². The number of amides is 2. The van der Waals surface area contributed by atoms with Crippen LogP contribution in [0, 0.1) is 0 Å². The highest BCUT2D eigenvalue weighted by Gasteiger charge is 2.00. The monoisotopic (exact) mass is 273 g/mol. The van der Waals surface area contributed by atoms with Crippen molar-refractivity contribution in [1.82, 2.24) is 5.43 Å². The van der Waals surface area contributed by atoms with Gasteiger partial charge in [-0.15, -0.1) is 0 Å². The van der Waals surface area contributed by atoms with Crippen LogP contribution in [-0.2, 0) is 0 Å². The first-order valence-electron chi connectivity index (χ1n) is 7.07. The predicted molar refractivity (Wildman–Crippen MR) is 84.4 cm³/mol. The van der Waals surface area contributed by atoms with Crippen LogP contribution in [0.5, 0.6) is 0 Å². The molecule has 0 aromatic heterocycles. The van der Waals surface area contributed by atoms with Crippen molar-refractivity contribution in [2.75, 3.05) is 0 Å². The fraction of sp³-hybridized carbons (Fsp3) is 0.375. The molecule has 0 unspecified atom stereocenters. The number of hydrogen-bond donors (Lipinski definition) is 2. The van der Waals surface area contributed by atoms with Crippen molar-refractivity contribution in [3.8, 4) is 0 Å². The number of nitrogens with one attached hydrogen (secondary N) is 1. The zero-order chi connectivity index (χ0) is 14.6. The van der Waals surface area contributed by atoms with Crippen molar-refractivity contribution >= 4 is 17.8 Å². The predicted octanol–water partition coefficient (Wildman–Crippen LogP) is 3.69. The summed E-state index contributed by atoms with van der Waals surface area (Å²) in [6.45, 7) is 2.20. The first kappa shape index (κ1) is 16.0. The molecule has 1 rings (SSSR count). The highest BCUT2D eigenvalue weighted by molar-refractivity contribution is 5.85. The van der Waals surface area contributed by atoms with Gasteiger partial charge in [-0.25, -0.2) is 10.2 Å². The molecule has 0 saturated carbocycles. The Morgan fingerprint density at radius 1 is 1.25 bits per heavy atom. The van der Waals surface area contributed by atoms with Crippen LogP contribution in [0.1, 0.15) is 44.6 Å². The van der Waals surface area contributed by atoms with Gasteiger partial charge in [0.05, 0.1) is 0 Å². The number of nitrogens with two attached hydrogens (primary N) is 1. The van der Waals surface area contributed by atoms with Crippen molar-refractivity contribution < 1.29 is 4.79 Å². The number of carbonyl (C=O) groups excluding carboxylic acids is 1. The summed E-state index contributed by atoms with van der Waals surface area (Å²) in [5.74, 6) is 0. The highest BCUT2D eigenvalue weighted by atomic mass is 16.2. The molecule has 4 nitrogen and oxygen atoms in total. The number of benzene rings is 1. The van der Waals surface area contributed by atoms with Crippen LogP contribution in [0.2, 0.25) is 0 Å². The van der Waals surface area contributed by atoms with Crippen LogP contribution in [-0.4, -0.2) is 12.2 Å². The molecule has 0 bridgehead atoms. The van der Waals surface area contributed by atoms with E-state index < -0.39 is 6.03 Å². The molecular formula is C16H23N3O. The molecule has 0 atom stereocenters. The maximum atomic E-state index is 10.5. The Bertz CT molecular complexity index is 452. The van der Waals surface area contributed by atoms with E-state index >= 15 is 0 Å². The summed E-state index contributed by atoms with van der Waals surface area (Å²) in [5.41, 5.74) is 9.55. The average Bonchev–Trinajstić information content (AvgIpc) is 2.46. The summed E-state index contributed by atoms with van der Waals surface area (Å²) in [7, 11) is 0. The summed E-state index contributed by atoms with van der Waals surface area (Å²) in [6, 6.07) is 9.56. The number of hydrogen-bond acceptors (Lipinski definition) is 2. The normalized spacial score (nSPS) is 11.8. The Morgan fingerprint density at radius 2 is 2.00 bits per heavy atom. The van der Waals surface area contributed by atoms with Gasteiger partial charge in [-0.3, -0.25) is 0 Å². The lowest BCUT2D eigenvalue weighted by molar-refractivity contribution is 0.249. The Labute approximate surface area is 120 Å². The minimum Gasteiger partial charge on any atom is -0.350 e. The Hall–Kier alpha value is -2.10. The molecule has 108 valence electrons. The largest absolute Gasteiger partial charge is 0.350 e. The number of hydrazone groups is 1. The number of urea groups is 1. The molecule has 0 fully saturated rings. The standard InChI is InChI=1S/C16H23N3O/c1-2-3-4-6-11-15(12-13-18-19-16(17)20)14-9-7-5-8-10-14/h5,7-10,12-13H,2-4,6,11H2,1H3,(H3,17,19,20)/b15-12+,18-13-. The van der Waals surface area contributed by atoms with Gasteiger partial charge in [0.25, 0.3) is 0 Å². The molecule has 1 aromatic rings. The number of unbranched alkanes of at least 4 members (excludes halogenated alkanes) is 3. The van der Waals surface area contributed by atoms with Crippen LogP contribution in [0.25, 0.3) is 5.57 Å². The van der Waals surface area contributed by atoms with E-state index in [9.17, 15) is 4.79 Å². The van der Waals surface area contributed by atoms with E-state index in [-0.39, 0.29) is 0 Å². The SMILES string of the molecule is CCCCCC/C(=C\C=N/NC(N)=O)c1ccccc1. The van der Waals surface area contributed by atoms with E-state index in [0.717, 1.165) is 12.8 Å². The number of carbonyl (C=O) groups is 1. The Morgan fingerprint density at radius 3 is 2.65 bits per heavy atom. The Kier molecular flexibility index (Phi) is 7.80. The second-order valence-electron chi connectivity index (χ2n) is 4.62. The first-order chi connectivity index (χ1) is 9.74. The quantitative estimate of drug-likeness (QED) is 0.423. The third-order valence-corrected chi connectivity index (χ3v) is 2.97. The molecule has 20 heavy (non-hydrogen) atoms. The Balaban J connectivity index is 2.66. The molecule has 2 amide bonds.